The fraction of sp³-hybridized carbons (Fsp3) is 0.333. The van der Waals surface area contributed by atoms with Crippen LogP contribution in [0, 0.1) is 17.0 Å². The number of aryl methyl sites for hydroxylation is 1. The van der Waals surface area contributed by atoms with Gasteiger partial charge in [0.15, 0.2) is 0 Å². The molecule has 1 amide bonds. The van der Waals surface area contributed by atoms with Gasteiger partial charge in [0, 0.05) is 33.1 Å². The van der Waals surface area contributed by atoms with E-state index in [9.17, 15) is 14.9 Å². The molecule has 0 N–H and O–H groups in total. The third kappa shape index (κ3) is 4.58. The number of carbonyl (C=O) groups excluding carboxylic acids is 1. The van der Waals surface area contributed by atoms with Crippen molar-refractivity contribution in [3.8, 4) is 11.5 Å². The first-order valence-electron chi connectivity index (χ1n) is 10.8. The van der Waals surface area contributed by atoms with Gasteiger partial charge in [-0.05, 0) is 35.4 Å². The van der Waals surface area contributed by atoms with Crippen molar-refractivity contribution in [3.63, 3.8) is 0 Å². The van der Waals surface area contributed by atoms with Crippen molar-refractivity contribution in [3.05, 3.63) is 81.2 Å². The third-order valence-corrected chi connectivity index (χ3v) is 6.05. The number of amides is 1. The normalized spacial score (nSPS) is 14.3. The standard InChI is InChI=1S/C24H26N4O6/c1-16-22(28(30)31)21(25-34-16)24(29)27-14-12-26(13-15-27)23(17-4-8-19(32-2)9-5-17)18-6-10-20(33-3)11-7-18/h4-11,23H,12-15H2,1-3H3. The van der Waals surface area contributed by atoms with Gasteiger partial charge in [0.05, 0.1) is 25.2 Å². The molecule has 4 rings (SSSR count). The van der Waals surface area contributed by atoms with Gasteiger partial charge in [0.2, 0.25) is 11.5 Å². The molecule has 178 valence electrons. The molecule has 34 heavy (non-hydrogen) atoms. The van der Waals surface area contributed by atoms with E-state index in [4.69, 9.17) is 14.0 Å². The van der Waals surface area contributed by atoms with Gasteiger partial charge in [-0.25, -0.2) is 0 Å². The molecule has 2 heterocycles. The molecule has 3 aromatic rings. The van der Waals surface area contributed by atoms with Crippen LogP contribution in [0.4, 0.5) is 5.69 Å². The number of hydrogen-bond donors (Lipinski definition) is 0. The molecular weight excluding hydrogens is 440 g/mol. The van der Waals surface area contributed by atoms with E-state index in [1.807, 2.05) is 48.5 Å². The first-order chi connectivity index (χ1) is 16.4. The summed E-state index contributed by atoms with van der Waals surface area (Å²) in [5.74, 6) is 1.08. The lowest BCUT2D eigenvalue weighted by Crippen LogP contribution is -2.50. The number of methoxy groups -OCH3 is 2. The average molecular weight is 466 g/mol. The number of piperazine rings is 1. The number of aromatic nitrogens is 1. The number of ether oxygens (including phenoxy) is 2. The van der Waals surface area contributed by atoms with Crippen molar-refractivity contribution in [1.29, 1.82) is 0 Å². The largest absolute Gasteiger partial charge is 0.497 e. The van der Waals surface area contributed by atoms with Crippen LogP contribution in [0.2, 0.25) is 0 Å². The van der Waals surface area contributed by atoms with Crippen molar-refractivity contribution < 1.29 is 23.7 Å². The molecule has 0 unspecified atom stereocenters. The number of carbonyl (C=O) groups is 1. The molecule has 0 radical (unpaired) electrons. The Kier molecular flexibility index (Phi) is 6.78. The van der Waals surface area contributed by atoms with Gasteiger partial charge in [0.1, 0.15) is 11.5 Å². The molecule has 1 fully saturated rings. The molecular formula is C24H26N4O6. The Morgan fingerprint density at radius 3 is 1.91 bits per heavy atom. The van der Waals surface area contributed by atoms with Crippen LogP contribution >= 0.6 is 0 Å². The maximum atomic E-state index is 12.9. The lowest BCUT2D eigenvalue weighted by atomic mass is 9.96. The van der Waals surface area contributed by atoms with Crippen LogP contribution in [-0.2, 0) is 0 Å². The first-order valence-corrected chi connectivity index (χ1v) is 10.8. The summed E-state index contributed by atoms with van der Waals surface area (Å²) in [6.45, 7) is 3.40. The summed E-state index contributed by atoms with van der Waals surface area (Å²) < 4.78 is 15.5. The van der Waals surface area contributed by atoms with Gasteiger partial charge in [0.25, 0.3) is 5.91 Å². The van der Waals surface area contributed by atoms with E-state index in [0.29, 0.717) is 26.2 Å². The smallest absolute Gasteiger partial charge is 0.344 e. The molecule has 1 aromatic heterocycles. The summed E-state index contributed by atoms with van der Waals surface area (Å²) >= 11 is 0. The maximum absolute atomic E-state index is 12.9. The topological polar surface area (TPSA) is 111 Å². The quantitative estimate of drug-likeness (QED) is 0.385. The fourth-order valence-corrected chi connectivity index (χ4v) is 4.24. The highest BCUT2D eigenvalue weighted by Crippen LogP contribution is 2.32. The third-order valence-electron chi connectivity index (χ3n) is 6.05. The monoisotopic (exact) mass is 466 g/mol. The minimum Gasteiger partial charge on any atom is -0.497 e. The number of nitrogens with zero attached hydrogens (tertiary/aromatic N) is 4. The van der Waals surface area contributed by atoms with Crippen LogP contribution < -0.4 is 9.47 Å². The van der Waals surface area contributed by atoms with Crippen LogP contribution in [-0.4, -0.2) is 66.2 Å². The SMILES string of the molecule is COc1ccc(C(c2ccc(OC)cc2)N2CCN(C(=O)c3noc(C)c3[N+](=O)[O-])CC2)cc1. The summed E-state index contributed by atoms with van der Waals surface area (Å²) in [5, 5.41) is 15.0. The van der Waals surface area contributed by atoms with Gasteiger partial charge in [-0.2, -0.15) is 0 Å². The van der Waals surface area contributed by atoms with Gasteiger partial charge in [-0.1, -0.05) is 29.4 Å². The van der Waals surface area contributed by atoms with Gasteiger partial charge >= 0.3 is 5.69 Å². The predicted octanol–water partition coefficient (Wildman–Crippen LogP) is 3.46. The number of benzene rings is 2. The summed E-state index contributed by atoms with van der Waals surface area (Å²) in [4.78, 5) is 27.5. The Bertz CT molecular complexity index is 1100. The van der Waals surface area contributed by atoms with Gasteiger partial charge in [-0.3, -0.25) is 19.8 Å². The lowest BCUT2D eigenvalue weighted by molar-refractivity contribution is -0.386. The van der Waals surface area contributed by atoms with Crippen molar-refractivity contribution in [2.24, 2.45) is 0 Å². The highest BCUT2D eigenvalue weighted by atomic mass is 16.6. The molecule has 2 aromatic carbocycles. The van der Waals surface area contributed by atoms with E-state index in [1.165, 1.54) is 6.92 Å². The van der Waals surface area contributed by atoms with Crippen LogP contribution in [0.25, 0.3) is 0 Å². The van der Waals surface area contributed by atoms with Crippen LogP contribution in [0.1, 0.15) is 33.4 Å². The first kappa shape index (κ1) is 23.2. The molecule has 0 atom stereocenters. The van der Waals surface area contributed by atoms with Crippen LogP contribution in [0.3, 0.4) is 0 Å². The second-order valence-corrected chi connectivity index (χ2v) is 7.97. The molecule has 1 saturated heterocycles. The zero-order chi connectivity index (χ0) is 24.2. The number of nitro groups is 1. The van der Waals surface area contributed by atoms with Crippen molar-refractivity contribution >= 4 is 11.6 Å². The Balaban J connectivity index is 1.55. The van der Waals surface area contributed by atoms with E-state index in [2.05, 4.69) is 10.1 Å². The van der Waals surface area contributed by atoms with E-state index >= 15 is 0 Å². The highest BCUT2D eigenvalue weighted by Gasteiger charge is 2.35. The fourth-order valence-electron chi connectivity index (χ4n) is 4.24. The van der Waals surface area contributed by atoms with E-state index in [1.54, 1.807) is 19.1 Å². The molecule has 1 aliphatic rings. The zero-order valence-corrected chi connectivity index (χ0v) is 19.3. The van der Waals surface area contributed by atoms with Gasteiger partial charge < -0.3 is 18.9 Å². The Hall–Kier alpha value is -3.92. The minimum atomic E-state index is -0.626. The molecule has 1 aliphatic heterocycles. The van der Waals surface area contributed by atoms with E-state index in [0.717, 1.165) is 22.6 Å². The summed E-state index contributed by atoms with van der Waals surface area (Å²) in [6.07, 6.45) is 0. The highest BCUT2D eigenvalue weighted by molar-refractivity contribution is 5.96. The zero-order valence-electron chi connectivity index (χ0n) is 19.3. The maximum Gasteiger partial charge on any atom is 0.344 e. The molecule has 10 heteroatoms. The average Bonchev–Trinajstić information content (AvgIpc) is 3.26. The molecule has 0 saturated carbocycles. The minimum absolute atomic E-state index is 0.0195. The second kappa shape index (κ2) is 9.92. The van der Waals surface area contributed by atoms with Crippen molar-refractivity contribution in [1.82, 2.24) is 15.0 Å². The van der Waals surface area contributed by atoms with Gasteiger partial charge in [-0.15, -0.1) is 0 Å². The summed E-state index contributed by atoms with van der Waals surface area (Å²) in [6, 6.07) is 15.8. The van der Waals surface area contributed by atoms with Crippen LogP contribution in [0.15, 0.2) is 53.1 Å². The Labute approximate surface area is 196 Å². The number of rotatable bonds is 7. The van der Waals surface area contributed by atoms with E-state index < -0.39 is 10.8 Å². The molecule has 10 nitrogen and oxygen atoms in total. The molecule has 0 bridgehead atoms. The lowest BCUT2D eigenvalue weighted by Gasteiger charge is -2.39. The summed E-state index contributed by atoms with van der Waals surface area (Å²) in [7, 11) is 3.26. The Morgan fingerprint density at radius 2 is 1.47 bits per heavy atom. The molecule has 0 aliphatic carbocycles. The predicted molar refractivity (Wildman–Crippen MR) is 123 cm³/mol. The Morgan fingerprint density at radius 1 is 0.971 bits per heavy atom. The van der Waals surface area contributed by atoms with E-state index in [-0.39, 0.29) is 23.2 Å². The van der Waals surface area contributed by atoms with Crippen LogP contribution in [0.5, 0.6) is 11.5 Å². The molecule has 0 spiro atoms. The second-order valence-electron chi connectivity index (χ2n) is 7.97. The number of hydrogen-bond acceptors (Lipinski definition) is 8. The van der Waals surface area contributed by atoms with Crippen molar-refractivity contribution in [2.75, 3.05) is 40.4 Å². The summed E-state index contributed by atoms with van der Waals surface area (Å²) in [5.41, 5.74) is 1.56. The van der Waals surface area contributed by atoms with Crippen molar-refractivity contribution in [2.45, 2.75) is 13.0 Å².